The molecule has 0 amide bonds. The molecule has 0 bridgehead atoms. The van der Waals surface area contributed by atoms with Gasteiger partial charge in [-0.3, -0.25) is 9.98 Å². The number of aliphatic imine (C=N–C) groups is 1. The summed E-state index contributed by atoms with van der Waals surface area (Å²) in [5.74, 6) is 0.158. The van der Waals surface area contributed by atoms with Crippen LogP contribution in [0.15, 0.2) is 64.6 Å². The Morgan fingerprint density at radius 1 is 0.969 bits per heavy atom. The van der Waals surface area contributed by atoms with Crippen LogP contribution in [0.4, 0.5) is 18.9 Å². The Morgan fingerprint density at radius 3 is 2.16 bits per heavy atom. The molecule has 0 aliphatic carbocycles. The summed E-state index contributed by atoms with van der Waals surface area (Å²) in [4.78, 5) is 9.59. The fraction of sp³-hybridized carbons (Fsp3) is 0.273. The molecule has 1 unspecified atom stereocenters. The third-order valence-corrected chi connectivity index (χ3v) is 7.33. The third kappa shape index (κ3) is 3.79. The molecule has 10 heteroatoms. The Bertz CT molecular complexity index is 1280. The molecule has 3 aromatic rings. The van der Waals surface area contributed by atoms with Crippen LogP contribution < -0.4 is 4.90 Å². The number of amidine groups is 1. The van der Waals surface area contributed by atoms with Crippen molar-refractivity contribution in [3.8, 4) is 0 Å². The zero-order chi connectivity index (χ0) is 23.3. The number of hydrogen-bond acceptors (Lipinski definition) is 5. The van der Waals surface area contributed by atoms with Gasteiger partial charge in [-0.05, 0) is 69.3 Å². The minimum atomic E-state index is -4.50. The summed E-state index contributed by atoms with van der Waals surface area (Å²) in [6, 6.07) is 10.7. The summed E-state index contributed by atoms with van der Waals surface area (Å²) >= 11 is 0. The van der Waals surface area contributed by atoms with Gasteiger partial charge in [0.2, 0.25) is 0 Å². The van der Waals surface area contributed by atoms with E-state index in [1.807, 2.05) is 0 Å². The second-order valence-corrected chi connectivity index (χ2v) is 9.42. The number of pyridine rings is 1. The summed E-state index contributed by atoms with van der Waals surface area (Å²) in [7, 11) is -3.83. The first-order chi connectivity index (χ1) is 15.0. The molecule has 1 aromatic carbocycles. The van der Waals surface area contributed by atoms with Crippen molar-refractivity contribution in [1.29, 1.82) is 0 Å². The van der Waals surface area contributed by atoms with Gasteiger partial charge < -0.3 is 4.90 Å². The first-order valence-corrected chi connectivity index (χ1v) is 11.3. The van der Waals surface area contributed by atoms with E-state index in [1.54, 1.807) is 51.2 Å². The van der Waals surface area contributed by atoms with Crippen molar-refractivity contribution in [1.82, 2.24) is 8.96 Å². The number of benzene rings is 1. The van der Waals surface area contributed by atoms with Crippen LogP contribution in [0.1, 0.15) is 22.6 Å². The highest BCUT2D eigenvalue weighted by Gasteiger charge is 2.45. The van der Waals surface area contributed by atoms with Gasteiger partial charge in [-0.1, -0.05) is 0 Å². The van der Waals surface area contributed by atoms with E-state index in [2.05, 4.69) is 9.98 Å². The van der Waals surface area contributed by atoms with Gasteiger partial charge >= 0.3 is 6.18 Å². The minimum absolute atomic E-state index is 0.0475. The first-order valence-electron chi connectivity index (χ1n) is 9.85. The number of alkyl halides is 3. The molecule has 168 valence electrons. The molecule has 2 aromatic heterocycles. The Labute approximate surface area is 184 Å². The van der Waals surface area contributed by atoms with Crippen molar-refractivity contribution in [2.24, 2.45) is 4.99 Å². The highest BCUT2D eigenvalue weighted by molar-refractivity contribution is 7.90. The maximum atomic E-state index is 13.5. The molecular formula is C22H21F3N4O2S. The van der Waals surface area contributed by atoms with Crippen molar-refractivity contribution >= 4 is 21.5 Å². The van der Waals surface area contributed by atoms with E-state index in [-0.39, 0.29) is 10.7 Å². The molecule has 3 heterocycles. The quantitative estimate of drug-likeness (QED) is 0.582. The third-order valence-electron chi connectivity index (χ3n) is 5.41. The van der Waals surface area contributed by atoms with Crippen molar-refractivity contribution in [2.75, 3.05) is 11.4 Å². The average molecular weight is 462 g/mol. The number of anilines is 1. The van der Waals surface area contributed by atoms with Crippen LogP contribution in [0.3, 0.4) is 0 Å². The number of rotatable bonds is 4. The fourth-order valence-electron chi connectivity index (χ4n) is 3.79. The molecule has 0 N–H and O–H groups in total. The molecule has 1 atom stereocenters. The largest absolute Gasteiger partial charge is 0.412 e. The Balaban J connectivity index is 1.73. The van der Waals surface area contributed by atoms with E-state index in [1.165, 1.54) is 33.1 Å². The van der Waals surface area contributed by atoms with Gasteiger partial charge in [-0.25, -0.2) is 12.4 Å². The van der Waals surface area contributed by atoms with Crippen LogP contribution in [0.5, 0.6) is 0 Å². The van der Waals surface area contributed by atoms with Crippen LogP contribution >= 0.6 is 0 Å². The summed E-state index contributed by atoms with van der Waals surface area (Å²) in [6.45, 7) is 4.70. The molecular weight excluding hydrogens is 441 g/mol. The van der Waals surface area contributed by atoms with Crippen molar-refractivity contribution < 1.29 is 21.6 Å². The van der Waals surface area contributed by atoms with E-state index in [4.69, 9.17) is 0 Å². The Morgan fingerprint density at radius 2 is 1.59 bits per heavy atom. The number of aryl methyl sites for hydroxylation is 3. The van der Waals surface area contributed by atoms with E-state index >= 15 is 0 Å². The number of hydrogen-bond donors (Lipinski definition) is 0. The van der Waals surface area contributed by atoms with Crippen LogP contribution in [0.2, 0.25) is 0 Å². The molecule has 4 rings (SSSR count). The second kappa shape index (κ2) is 7.77. The van der Waals surface area contributed by atoms with Crippen molar-refractivity contribution in [3.63, 3.8) is 0 Å². The molecule has 0 saturated heterocycles. The standard InChI is InChI=1S/C22H21F3N4O2S/c1-14-6-7-15(2)29(14)32(30,31)18-10-8-17(9-11-18)28-13-20(22(23,24)25)27-21(28)19-5-4-12-26-16(19)3/h4-12,20H,13H2,1-3H3. The smallest absolute Gasteiger partial charge is 0.324 e. The topological polar surface area (TPSA) is 67.6 Å². The normalized spacial score (nSPS) is 17.0. The van der Waals surface area contributed by atoms with Gasteiger partial charge in [0.05, 0.1) is 11.4 Å². The molecule has 0 fully saturated rings. The van der Waals surface area contributed by atoms with E-state index in [9.17, 15) is 21.6 Å². The molecule has 0 radical (unpaired) electrons. The number of halogens is 3. The van der Waals surface area contributed by atoms with Crippen LogP contribution in [0, 0.1) is 20.8 Å². The SMILES string of the molecule is Cc1ncccc1C1=NC(C(F)(F)F)CN1c1ccc(S(=O)(=O)n2c(C)ccc2C)cc1. The average Bonchev–Trinajstić information content (AvgIpc) is 3.32. The summed E-state index contributed by atoms with van der Waals surface area (Å²) < 4.78 is 67.7. The minimum Gasteiger partial charge on any atom is -0.324 e. The first kappa shape index (κ1) is 22.1. The predicted molar refractivity (Wildman–Crippen MR) is 116 cm³/mol. The summed E-state index contributed by atoms with van der Waals surface area (Å²) in [6.07, 6.45) is -2.94. The van der Waals surface area contributed by atoms with Gasteiger partial charge in [0, 0.05) is 34.5 Å². The summed E-state index contributed by atoms with van der Waals surface area (Å²) in [5, 5.41) is 0. The lowest BCUT2D eigenvalue weighted by molar-refractivity contribution is -0.142. The fourth-order valence-corrected chi connectivity index (χ4v) is 5.37. The highest BCUT2D eigenvalue weighted by Crippen LogP contribution is 2.33. The monoisotopic (exact) mass is 462 g/mol. The maximum Gasteiger partial charge on any atom is 0.412 e. The van der Waals surface area contributed by atoms with Crippen LogP contribution in [-0.4, -0.2) is 42.0 Å². The molecule has 1 aliphatic rings. The summed E-state index contributed by atoms with van der Waals surface area (Å²) in [5.41, 5.74) is 2.60. The lowest BCUT2D eigenvalue weighted by atomic mass is 10.1. The van der Waals surface area contributed by atoms with Crippen LogP contribution in [0.25, 0.3) is 0 Å². The van der Waals surface area contributed by atoms with E-state index in [0.29, 0.717) is 28.3 Å². The van der Waals surface area contributed by atoms with Crippen LogP contribution in [-0.2, 0) is 10.0 Å². The number of nitrogens with zero attached hydrogens (tertiary/aromatic N) is 4. The number of aromatic nitrogens is 2. The van der Waals surface area contributed by atoms with Gasteiger partial charge in [0.15, 0.2) is 6.04 Å². The second-order valence-electron chi connectivity index (χ2n) is 7.64. The predicted octanol–water partition coefficient (Wildman–Crippen LogP) is 4.24. The van der Waals surface area contributed by atoms with Crippen molar-refractivity contribution in [2.45, 2.75) is 37.9 Å². The van der Waals surface area contributed by atoms with Gasteiger partial charge in [0.25, 0.3) is 10.0 Å². The van der Waals surface area contributed by atoms with Gasteiger partial charge in [-0.15, -0.1) is 0 Å². The van der Waals surface area contributed by atoms with E-state index < -0.39 is 28.8 Å². The maximum absolute atomic E-state index is 13.5. The molecule has 0 saturated carbocycles. The molecule has 1 aliphatic heterocycles. The Hall–Kier alpha value is -3.14. The molecule has 6 nitrogen and oxygen atoms in total. The highest BCUT2D eigenvalue weighted by atomic mass is 32.2. The van der Waals surface area contributed by atoms with Gasteiger partial charge in [0.1, 0.15) is 5.84 Å². The lowest BCUT2D eigenvalue weighted by Crippen LogP contribution is -2.35. The zero-order valence-electron chi connectivity index (χ0n) is 17.6. The molecule has 0 spiro atoms. The lowest BCUT2D eigenvalue weighted by Gasteiger charge is -2.23. The Kier molecular flexibility index (Phi) is 5.36. The zero-order valence-corrected chi connectivity index (χ0v) is 18.4. The van der Waals surface area contributed by atoms with Gasteiger partial charge in [-0.2, -0.15) is 13.2 Å². The molecule has 32 heavy (non-hydrogen) atoms. The van der Waals surface area contributed by atoms with E-state index in [0.717, 1.165) is 0 Å². The van der Waals surface area contributed by atoms with Crippen molar-refractivity contribution in [3.05, 3.63) is 77.4 Å².